The Hall–Kier alpha value is -1.79. The van der Waals surface area contributed by atoms with Crippen LogP contribution < -0.4 is 10.1 Å². The largest absolute Gasteiger partial charge is 0.496 e. The van der Waals surface area contributed by atoms with Crippen molar-refractivity contribution in [3.8, 4) is 5.75 Å². The number of halogens is 4. The Bertz CT molecular complexity index is 451. The number of alkyl halides is 4. The molecule has 0 saturated carbocycles. The van der Waals surface area contributed by atoms with E-state index >= 15 is 0 Å². The first kappa shape index (κ1) is 15.3. The van der Waals surface area contributed by atoms with Gasteiger partial charge in [-0.3, -0.25) is 4.79 Å². The highest BCUT2D eigenvalue weighted by molar-refractivity contribution is 5.84. The van der Waals surface area contributed by atoms with Crippen LogP contribution in [0.2, 0.25) is 0 Å². The molecule has 0 aliphatic carbocycles. The molecule has 0 radical (unpaired) electrons. The van der Waals surface area contributed by atoms with Crippen molar-refractivity contribution >= 4 is 5.91 Å². The molecule has 0 aromatic heterocycles. The molecule has 0 heterocycles. The molecule has 0 bridgehead atoms. The van der Waals surface area contributed by atoms with Crippen molar-refractivity contribution in [3.63, 3.8) is 0 Å². The Morgan fingerprint density at radius 3 is 2.42 bits per heavy atom. The number of benzene rings is 1. The monoisotopic (exact) mass is 279 g/mol. The molecule has 1 aromatic carbocycles. The molecule has 1 unspecified atom stereocenters. The van der Waals surface area contributed by atoms with E-state index in [0.717, 1.165) is 0 Å². The molecule has 7 heteroatoms. The van der Waals surface area contributed by atoms with E-state index in [9.17, 15) is 22.4 Å². The van der Waals surface area contributed by atoms with Crippen LogP contribution in [0.15, 0.2) is 24.3 Å². The summed E-state index contributed by atoms with van der Waals surface area (Å²) in [6.45, 7) is 1.40. The zero-order valence-electron chi connectivity index (χ0n) is 10.3. The molecule has 0 aliphatic rings. The molecular formula is C12H13F4NO2. The minimum absolute atomic E-state index is 0.371. The van der Waals surface area contributed by atoms with Gasteiger partial charge >= 0.3 is 12.3 Å². The van der Waals surface area contributed by atoms with E-state index in [2.05, 4.69) is 0 Å². The first-order valence-electron chi connectivity index (χ1n) is 5.40. The average Bonchev–Trinajstić information content (AvgIpc) is 2.38. The molecule has 3 nitrogen and oxygen atoms in total. The van der Waals surface area contributed by atoms with Crippen molar-refractivity contribution in [2.24, 2.45) is 0 Å². The Labute approximate surface area is 107 Å². The van der Waals surface area contributed by atoms with Crippen LogP contribution in [0.3, 0.4) is 0 Å². The lowest BCUT2D eigenvalue weighted by Gasteiger charge is -2.20. The van der Waals surface area contributed by atoms with Gasteiger partial charge in [0.2, 0.25) is 0 Å². The molecule has 0 aliphatic heterocycles. The molecule has 0 fully saturated rings. The second-order valence-corrected chi connectivity index (χ2v) is 3.86. The third kappa shape index (κ3) is 3.36. The van der Waals surface area contributed by atoms with Gasteiger partial charge < -0.3 is 10.1 Å². The summed E-state index contributed by atoms with van der Waals surface area (Å²) in [7, 11) is 1.38. The SMILES string of the molecule is COc1ccccc1C(C)NC(=O)C(F)(F)C(F)F. The van der Waals surface area contributed by atoms with Crippen molar-refractivity contribution in [3.05, 3.63) is 29.8 Å². The Kier molecular flexibility index (Phi) is 4.74. The topological polar surface area (TPSA) is 38.3 Å². The Morgan fingerprint density at radius 2 is 1.89 bits per heavy atom. The summed E-state index contributed by atoms with van der Waals surface area (Å²) in [5.74, 6) is -6.35. The summed E-state index contributed by atoms with van der Waals surface area (Å²) >= 11 is 0. The van der Waals surface area contributed by atoms with Crippen LogP contribution >= 0.6 is 0 Å². The fourth-order valence-electron chi connectivity index (χ4n) is 1.49. The maximum atomic E-state index is 12.8. The third-order valence-corrected chi connectivity index (χ3v) is 2.53. The lowest BCUT2D eigenvalue weighted by molar-refractivity contribution is -0.170. The van der Waals surface area contributed by atoms with Gasteiger partial charge in [0.1, 0.15) is 5.75 Å². The Morgan fingerprint density at radius 1 is 1.32 bits per heavy atom. The van der Waals surface area contributed by atoms with Crippen LogP contribution in [0.5, 0.6) is 5.75 Å². The van der Waals surface area contributed by atoms with E-state index in [1.165, 1.54) is 14.0 Å². The first-order valence-corrected chi connectivity index (χ1v) is 5.40. The molecule has 1 atom stereocenters. The maximum Gasteiger partial charge on any atom is 0.383 e. The van der Waals surface area contributed by atoms with Crippen molar-refractivity contribution in [1.29, 1.82) is 0 Å². The number of hydrogen-bond donors (Lipinski definition) is 1. The van der Waals surface area contributed by atoms with Gasteiger partial charge in [0, 0.05) is 5.56 Å². The smallest absolute Gasteiger partial charge is 0.383 e. The highest BCUT2D eigenvalue weighted by Gasteiger charge is 2.49. The van der Waals surface area contributed by atoms with Crippen molar-refractivity contribution < 1.29 is 27.1 Å². The average molecular weight is 279 g/mol. The fraction of sp³-hybridized carbons (Fsp3) is 0.417. The van der Waals surface area contributed by atoms with Crippen LogP contribution in [0.1, 0.15) is 18.5 Å². The number of ether oxygens (including phenoxy) is 1. The van der Waals surface area contributed by atoms with E-state index < -0.39 is 24.3 Å². The van der Waals surface area contributed by atoms with Crippen LogP contribution in [-0.2, 0) is 4.79 Å². The molecule has 0 saturated heterocycles. The molecule has 1 aromatic rings. The van der Waals surface area contributed by atoms with Gasteiger partial charge in [-0.25, -0.2) is 8.78 Å². The van der Waals surface area contributed by atoms with Crippen molar-refractivity contribution in [1.82, 2.24) is 5.32 Å². The van der Waals surface area contributed by atoms with Gasteiger partial charge in [0.25, 0.3) is 5.91 Å². The lowest BCUT2D eigenvalue weighted by Crippen LogP contribution is -2.46. The number of hydrogen-bond acceptors (Lipinski definition) is 2. The normalized spacial score (nSPS) is 13.2. The van der Waals surface area contributed by atoms with E-state index in [1.807, 2.05) is 5.32 Å². The number of carbonyl (C=O) groups is 1. The lowest BCUT2D eigenvalue weighted by atomic mass is 10.1. The van der Waals surface area contributed by atoms with Crippen molar-refractivity contribution in [2.45, 2.75) is 25.3 Å². The predicted octanol–water partition coefficient (Wildman–Crippen LogP) is 2.77. The number of para-hydroxylation sites is 1. The standard InChI is InChI=1S/C12H13F4NO2/c1-7(8-5-3-4-6-9(8)19-2)17-11(18)12(15,16)10(13)14/h3-7,10H,1-2H3,(H,17,18). The number of nitrogens with one attached hydrogen (secondary N) is 1. The van der Waals surface area contributed by atoms with Gasteiger partial charge in [0.15, 0.2) is 0 Å². The zero-order chi connectivity index (χ0) is 14.6. The molecule has 1 N–H and O–H groups in total. The molecule has 1 amide bonds. The summed E-state index contributed by atoms with van der Waals surface area (Å²) in [5, 5.41) is 1.84. The summed E-state index contributed by atoms with van der Waals surface area (Å²) in [6, 6.07) is 5.51. The molecule has 1 rings (SSSR count). The van der Waals surface area contributed by atoms with Crippen molar-refractivity contribution in [2.75, 3.05) is 7.11 Å². The quantitative estimate of drug-likeness (QED) is 0.842. The number of methoxy groups -OCH3 is 1. The van der Waals surface area contributed by atoms with Crippen LogP contribution in [-0.4, -0.2) is 25.4 Å². The van der Waals surface area contributed by atoms with E-state index in [0.29, 0.717) is 11.3 Å². The zero-order valence-corrected chi connectivity index (χ0v) is 10.3. The van der Waals surface area contributed by atoms with E-state index in [4.69, 9.17) is 4.74 Å². The summed E-state index contributed by atoms with van der Waals surface area (Å²) < 4.78 is 54.7. The molecular weight excluding hydrogens is 266 g/mol. The number of rotatable bonds is 5. The van der Waals surface area contributed by atoms with Gasteiger partial charge in [-0.05, 0) is 13.0 Å². The minimum Gasteiger partial charge on any atom is -0.496 e. The fourth-order valence-corrected chi connectivity index (χ4v) is 1.49. The van der Waals surface area contributed by atoms with Gasteiger partial charge in [-0.15, -0.1) is 0 Å². The van der Waals surface area contributed by atoms with Crippen LogP contribution in [0, 0.1) is 0 Å². The predicted molar refractivity (Wildman–Crippen MR) is 60.5 cm³/mol. The Balaban J connectivity index is 2.86. The maximum absolute atomic E-state index is 12.8. The van der Waals surface area contributed by atoms with Gasteiger partial charge in [-0.1, -0.05) is 18.2 Å². The number of amides is 1. The second-order valence-electron chi connectivity index (χ2n) is 3.86. The second kappa shape index (κ2) is 5.90. The van der Waals surface area contributed by atoms with E-state index in [1.54, 1.807) is 24.3 Å². The highest BCUT2D eigenvalue weighted by atomic mass is 19.3. The molecule has 19 heavy (non-hydrogen) atoms. The van der Waals surface area contributed by atoms with Crippen LogP contribution in [0.25, 0.3) is 0 Å². The first-order chi connectivity index (χ1) is 8.80. The van der Waals surface area contributed by atoms with Gasteiger partial charge in [0.05, 0.1) is 13.2 Å². The van der Waals surface area contributed by atoms with E-state index in [-0.39, 0.29) is 0 Å². The van der Waals surface area contributed by atoms with Gasteiger partial charge in [-0.2, -0.15) is 8.78 Å². The third-order valence-electron chi connectivity index (χ3n) is 2.53. The summed E-state index contributed by atoms with van der Waals surface area (Å²) in [6.07, 6.45) is -4.04. The number of carbonyl (C=O) groups excluding carboxylic acids is 1. The minimum atomic E-state index is -4.71. The summed E-state index contributed by atoms with van der Waals surface area (Å²) in [4.78, 5) is 11.1. The molecule has 106 valence electrons. The highest BCUT2D eigenvalue weighted by Crippen LogP contribution is 2.27. The summed E-state index contributed by atoms with van der Waals surface area (Å²) in [5.41, 5.74) is 0.420. The van der Waals surface area contributed by atoms with Crippen LogP contribution in [0.4, 0.5) is 17.6 Å². The molecule has 0 spiro atoms.